The minimum absolute atomic E-state index is 0.0746. The van der Waals surface area contributed by atoms with Crippen molar-refractivity contribution < 1.29 is 8.78 Å². The summed E-state index contributed by atoms with van der Waals surface area (Å²) in [6, 6.07) is 0.652. The van der Waals surface area contributed by atoms with Gasteiger partial charge < -0.3 is 5.32 Å². The van der Waals surface area contributed by atoms with Crippen LogP contribution in [-0.4, -0.2) is 43.0 Å². The number of rotatable bonds is 5. The van der Waals surface area contributed by atoms with Crippen LogP contribution in [0.3, 0.4) is 0 Å². The van der Waals surface area contributed by atoms with E-state index >= 15 is 0 Å². The van der Waals surface area contributed by atoms with Crippen LogP contribution in [0.25, 0.3) is 0 Å². The van der Waals surface area contributed by atoms with Gasteiger partial charge >= 0.3 is 0 Å². The Hall–Kier alpha value is -0.220. The Balaban J connectivity index is 2.47. The summed E-state index contributed by atoms with van der Waals surface area (Å²) in [6.07, 6.45) is -0.212. The molecule has 2 atom stereocenters. The molecule has 2 unspecified atom stereocenters. The Morgan fingerprint density at radius 2 is 2.06 bits per heavy atom. The summed E-state index contributed by atoms with van der Waals surface area (Å²) in [5, 5.41) is 3.47. The minimum Gasteiger partial charge on any atom is -0.311 e. The second kappa shape index (κ2) is 6.50. The molecular formula is C12H24F2N2. The number of nitrogens with zero attached hydrogens (tertiary/aromatic N) is 1. The predicted octanol–water partition coefficient (Wildman–Crippen LogP) is 2.35. The number of halogens is 2. The van der Waals surface area contributed by atoms with Gasteiger partial charge in [-0.2, -0.15) is 0 Å². The van der Waals surface area contributed by atoms with E-state index in [0.717, 1.165) is 25.9 Å². The summed E-state index contributed by atoms with van der Waals surface area (Å²) in [5.41, 5.74) is 0. The van der Waals surface area contributed by atoms with Gasteiger partial charge in [-0.25, -0.2) is 8.78 Å². The third kappa shape index (κ3) is 4.34. The van der Waals surface area contributed by atoms with Crippen LogP contribution in [0.5, 0.6) is 0 Å². The maximum Gasteiger partial charge on any atom is 0.251 e. The molecule has 1 aliphatic heterocycles. The van der Waals surface area contributed by atoms with Crippen molar-refractivity contribution in [2.75, 3.05) is 19.6 Å². The molecule has 0 aliphatic carbocycles. The highest BCUT2D eigenvalue weighted by atomic mass is 19.3. The van der Waals surface area contributed by atoms with Gasteiger partial charge in [0.25, 0.3) is 6.43 Å². The highest BCUT2D eigenvalue weighted by Gasteiger charge is 2.28. The smallest absolute Gasteiger partial charge is 0.251 e. The molecule has 4 heteroatoms. The Labute approximate surface area is 97.4 Å². The van der Waals surface area contributed by atoms with Crippen LogP contribution in [-0.2, 0) is 0 Å². The van der Waals surface area contributed by atoms with E-state index < -0.39 is 6.43 Å². The summed E-state index contributed by atoms with van der Waals surface area (Å²) in [7, 11) is 0. The minimum atomic E-state index is -2.22. The Morgan fingerprint density at radius 3 is 2.56 bits per heavy atom. The Morgan fingerprint density at radius 1 is 1.38 bits per heavy atom. The molecule has 1 heterocycles. The fraction of sp³-hybridized carbons (Fsp3) is 1.00. The third-order valence-corrected chi connectivity index (χ3v) is 3.21. The summed E-state index contributed by atoms with van der Waals surface area (Å²) >= 11 is 0. The second-order valence-corrected chi connectivity index (χ2v) is 5.14. The molecule has 0 aromatic carbocycles. The lowest BCUT2D eigenvalue weighted by Gasteiger charge is -2.40. The van der Waals surface area contributed by atoms with E-state index in [4.69, 9.17) is 0 Å². The Kier molecular flexibility index (Phi) is 5.62. The van der Waals surface area contributed by atoms with Crippen molar-refractivity contribution in [1.82, 2.24) is 10.2 Å². The molecule has 1 fully saturated rings. The maximum atomic E-state index is 12.5. The van der Waals surface area contributed by atoms with Gasteiger partial charge in [-0.15, -0.1) is 0 Å². The monoisotopic (exact) mass is 234 g/mol. The lowest BCUT2D eigenvalue weighted by molar-refractivity contribution is 0.0393. The second-order valence-electron chi connectivity index (χ2n) is 5.14. The number of alkyl halides is 2. The molecule has 0 aromatic heterocycles. The SMILES string of the molecule is CCC1CNC(CC(C)C)CN1CC(F)F. The van der Waals surface area contributed by atoms with Crippen LogP contribution in [0.1, 0.15) is 33.6 Å². The fourth-order valence-corrected chi connectivity index (χ4v) is 2.46. The molecule has 2 nitrogen and oxygen atoms in total. The van der Waals surface area contributed by atoms with Crippen molar-refractivity contribution in [3.05, 3.63) is 0 Å². The fourth-order valence-electron chi connectivity index (χ4n) is 2.46. The van der Waals surface area contributed by atoms with Crippen LogP contribution in [0.4, 0.5) is 8.78 Å². The molecule has 1 aliphatic rings. The largest absolute Gasteiger partial charge is 0.311 e. The lowest BCUT2D eigenvalue weighted by Crippen LogP contribution is -2.57. The summed E-state index contributed by atoms with van der Waals surface area (Å²) in [5.74, 6) is 0.615. The van der Waals surface area contributed by atoms with Crippen molar-refractivity contribution in [3.63, 3.8) is 0 Å². The average Bonchev–Trinajstić information content (AvgIpc) is 2.16. The van der Waals surface area contributed by atoms with Crippen LogP contribution < -0.4 is 5.32 Å². The first-order valence-electron chi connectivity index (χ1n) is 6.28. The van der Waals surface area contributed by atoms with E-state index in [0.29, 0.717) is 12.0 Å². The molecule has 0 amide bonds. The Bertz CT molecular complexity index is 197. The molecule has 1 saturated heterocycles. The van der Waals surface area contributed by atoms with Gasteiger partial charge in [0, 0.05) is 25.2 Å². The average molecular weight is 234 g/mol. The molecular weight excluding hydrogens is 210 g/mol. The first kappa shape index (κ1) is 13.8. The molecule has 0 bridgehead atoms. The molecule has 0 aromatic rings. The zero-order valence-corrected chi connectivity index (χ0v) is 10.5. The van der Waals surface area contributed by atoms with E-state index in [2.05, 4.69) is 26.1 Å². The summed E-state index contributed by atoms with van der Waals surface area (Å²) in [6.45, 7) is 7.94. The topological polar surface area (TPSA) is 15.3 Å². The highest BCUT2D eigenvalue weighted by molar-refractivity contribution is 4.86. The van der Waals surface area contributed by atoms with Crippen molar-refractivity contribution in [1.29, 1.82) is 0 Å². The summed E-state index contributed by atoms with van der Waals surface area (Å²) < 4.78 is 24.9. The zero-order valence-electron chi connectivity index (χ0n) is 10.5. The predicted molar refractivity (Wildman–Crippen MR) is 62.9 cm³/mol. The van der Waals surface area contributed by atoms with Gasteiger partial charge in [0.05, 0.1) is 6.54 Å². The van der Waals surface area contributed by atoms with Gasteiger partial charge in [-0.1, -0.05) is 20.8 Å². The van der Waals surface area contributed by atoms with Gasteiger partial charge in [-0.05, 0) is 18.8 Å². The number of hydrogen-bond donors (Lipinski definition) is 1. The van der Waals surface area contributed by atoms with Crippen LogP contribution in [0.15, 0.2) is 0 Å². The maximum absolute atomic E-state index is 12.5. The van der Waals surface area contributed by atoms with E-state index in [9.17, 15) is 8.78 Å². The van der Waals surface area contributed by atoms with Crippen LogP contribution in [0.2, 0.25) is 0 Å². The van der Waals surface area contributed by atoms with Gasteiger partial charge in [0.2, 0.25) is 0 Å². The molecule has 0 radical (unpaired) electrons. The molecule has 96 valence electrons. The third-order valence-electron chi connectivity index (χ3n) is 3.21. The zero-order chi connectivity index (χ0) is 12.1. The first-order chi connectivity index (χ1) is 7.52. The molecule has 1 rings (SSSR count). The standard InChI is InChI=1S/C12H24F2N2/c1-4-11-6-15-10(5-9(2)3)7-16(11)8-12(13)14/h9-12,15H,4-8H2,1-3H3. The quantitative estimate of drug-likeness (QED) is 0.785. The van der Waals surface area contributed by atoms with Gasteiger partial charge in [0.1, 0.15) is 0 Å². The molecule has 16 heavy (non-hydrogen) atoms. The van der Waals surface area contributed by atoms with Gasteiger partial charge in [0.15, 0.2) is 0 Å². The molecule has 0 spiro atoms. The van der Waals surface area contributed by atoms with E-state index in [1.165, 1.54) is 0 Å². The highest BCUT2D eigenvalue weighted by Crippen LogP contribution is 2.16. The van der Waals surface area contributed by atoms with E-state index in [-0.39, 0.29) is 12.6 Å². The number of piperazine rings is 1. The summed E-state index contributed by atoms with van der Waals surface area (Å²) in [4.78, 5) is 1.95. The normalized spacial score (nSPS) is 27.9. The first-order valence-corrected chi connectivity index (χ1v) is 6.28. The van der Waals surface area contributed by atoms with Crippen molar-refractivity contribution >= 4 is 0 Å². The number of hydrogen-bond acceptors (Lipinski definition) is 2. The molecule has 1 N–H and O–H groups in total. The van der Waals surface area contributed by atoms with Crippen LogP contribution in [0, 0.1) is 5.92 Å². The lowest BCUT2D eigenvalue weighted by atomic mass is 9.99. The van der Waals surface area contributed by atoms with Crippen LogP contribution >= 0.6 is 0 Å². The number of nitrogens with one attached hydrogen (secondary N) is 1. The van der Waals surface area contributed by atoms with Crippen molar-refractivity contribution in [3.8, 4) is 0 Å². The molecule has 0 saturated carbocycles. The van der Waals surface area contributed by atoms with Crippen molar-refractivity contribution in [2.45, 2.75) is 52.1 Å². The van der Waals surface area contributed by atoms with Crippen molar-refractivity contribution in [2.24, 2.45) is 5.92 Å². The van der Waals surface area contributed by atoms with E-state index in [1.54, 1.807) is 0 Å². The van der Waals surface area contributed by atoms with Gasteiger partial charge in [-0.3, -0.25) is 4.90 Å². The van der Waals surface area contributed by atoms with E-state index in [1.807, 2.05) is 4.90 Å².